The lowest BCUT2D eigenvalue weighted by Gasteiger charge is -2.37. The molecule has 0 radical (unpaired) electrons. The van der Waals surface area contributed by atoms with Gasteiger partial charge in [-0.2, -0.15) is 5.26 Å². The Morgan fingerprint density at radius 3 is 2.56 bits per heavy atom. The molecule has 41 heavy (non-hydrogen) atoms. The smallest absolute Gasteiger partial charge is 0.316 e. The van der Waals surface area contributed by atoms with E-state index in [4.69, 9.17) is 14.2 Å². The van der Waals surface area contributed by atoms with Gasteiger partial charge in [-0.15, -0.1) is 0 Å². The summed E-state index contributed by atoms with van der Waals surface area (Å²) in [5.74, 6) is 0.0546. The minimum Gasteiger partial charge on any atom is -0.468 e. The first-order valence-electron chi connectivity index (χ1n) is 14.5. The van der Waals surface area contributed by atoms with E-state index in [1.807, 2.05) is 24.3 Å². The van der Waals surface area contributed by atoms with Crippen molar-refractivity contribution < 1.29 is 23.8 Å². The largest absolute Gasteiger partial charge is 0.468 e. The Balaban J connectivity index is 1.64. The SMILES string of the molecule is COC(=O)C1(c2ccc(NC(=O)c3nc(C#N)cn3COCC[Si](C)(C)C)c(N3CCC(C)CC3)c2)CCOCC1. The molecule has 1 aromatic heterocycles. The molecule has 2 aliphatic rings. The monoisotopic (exact) mass is 581 g/mol. The number of carbonyl (C=O) groups is 2. The maximum atomic E-state index is 13.6. The van der Waals surface area contributed by atoms with Crippen LogP contribution in [-0.2, 0) is 31.2 Å². The van der Waals surface area contributed by atoms with E-state index >= 15 is 0 Å². The third-order valence-electron chi connectivity index (χ3n) is 8.17. The predicted molar refractivity (Wildman–Crippen MR) is 160 cm³/mol. The third-order valence-corrected chi connectivity index (χ3v) is 9.87. The maximum absolute atomic E-state index is 13.6. The molecule has 0 spiro atoms. The van der Waals surface area contributed by atoms with Crippen LogP contribution in [0.1, 0.15) is 54.5 Å². The van der Waals surface area contributed by atoms with Crippen molar-refractivity contribution in [1.29, 1.82) is 5.26 Å². The molecule has 1 amide bonds. The fourth-order valence-corrected chi connectivity index (χ4v) is 6.20. The Morgan fingerprint density at radius 1 is 1.22 bits per heavy atom. The molecule has 0 aliphatic carbocycles. The molecular weight excluding hydrogens is 538 g/mol. The van der Waals surface area contributed by atoms with Gasteiger partial charge in [0.15, 0.2) is 5.69 Å². The number of carbonyl (C=O) groups excluding carboxylic acids is 2. The van der Waals surface area contributed by atoms with E-state index in [1.54, 1.807) is 10.8 Å². The van der Waals surface area contributed by atoms with Crippen molar-refractivity contribution in [3.05, 3.63) is 41.5 Å². The summed E-state index contributed by atoms with van der Waals surface area (Å²) >= 11 is 0. The zero-order chi connectivity index (χ0) is 29.6. The van der Waals surface area contributed by atoms with Gasteiger partial charge in [0.2, 0.25) is 5.82 Å². The first-order chi connectivity index (χ1) is 19.6. The van der Waals surface area contributed by atoms with Crippen LogP contribution in [0.25, 0.3) is 0 Å². The Bertz CT molecular complexity index is 1270. The molecule has 0 saturated carbocycles. The van der Waals surface area contributed by atoms with Crippen LogP contribution in [0.3, 0.4) is 0 Å². The maximum Gasteiger partial charge on any atom is 0.316 e. The van der Waals surface area contributed by atoms with E-state index in [1.165, 1.54) is 7.11 Å². The number of benzene rings is 1. The number of hydrogen-bond acceptors (Lipinski definition) is 8. The highest BCUT2D eigenvalue weighted by Gasteiger charge is 2.43. The summed E-state index contributed by atoms with van der Waals surface area (Å²) in [7, 11) is 0.159. The van der Waals surface area contributed by atoms with Crippen LogP contribution >= 0.6 is 0 Å². The average molecular weight is 582 g/mol. The predicted octanol–water partition coefficient (Wildman–Crippen LogP) is 4.78. The number of piperidine rings is 1. The minimum atomic E-state index is -1.27. The number of nitrogens with one attached hydrogen (secondary N) is 1. The summed E-state index contributed by atoms with van der Waals surface area (Å²) in [6.45, 7) is 12.5. The topological polar surface area (TPSA) is 119 Å². The first kappa shape index (κ1) is 30.7. The van der Waals surface area contributed by atoms with Crippen molar-refractivity contribution in [3.63, 3.8) is 0 Å². The van der Waals surface area contributed by atoms with E-state index in [9.17, 15) is 14.9 Å². The summed E-state index contributed by atoms with van der Waals surface area (Å²) in [5, 5.41) is 12.5. The van der Waals surface area contributed by atoms with Gasteiger partial charge in [0, 0.05) is 47.2 Å². The zero-order valence-electron chi connectivity index (χ0n) is 25.0. The van der Waals surface area contributed by atoms with E-state index in [0.717, 1.165) is 43.2 Å². The molecule has 0 atom stereocenters. The number of ether oxygens (including phenoxy) is 3. The lowest BCUT2D eigenvalue weighted by Crippen LogP contribution is -2.42. The normalized spacial score (nSPS) is 17.6. The number of amides is 1. The number of hydrogen-bond donors (Lipinski definition) is 1. The van der Waals surface area contributed by atoms with Crippen LogP contribution in [0, 0.1) is 17.2 Å². The van der Waals surface area contributed by atoms with Gasteiger partial charge in [-0.05, 0) is 55.3 Å². The number of imidazole rings is 1. The van der Waals surface area contributed by atoms with Crippen molar-refractivity contribution in [2.75, 3.05) is 50.2 Å². The van der Waals surface area contributed by atoms with Crippen LogP contribution in [0.15, 0.2) is 24.4 Å². The quantitative estimate of drug-likeness (QED) is 0.242. The van der Waals surface area contributed by atoms with Crippen LogP contribution < -0.4 is 10.2 Å². The van der Waals surface area contributed by atoms with Crippen molar-refractivity contribution in [3.8, 4) is 6.07 Å². The van der Waals surface area contributed by atoms with E-state index in [-0.39, 0.29) is 24.2 Å². The Kier molecular flexibility index (Phi) is 9.89. The molecule has 1 aromatic carbocycles. The molecule has 3 heterocycles. The molecule has 0 bridgehead atoms. The van der Waals surface area contributed by atoms with Crippen molar-refractivity contribution in [1.82, 2.24) is 9.55 Å². The number of nitrogens with zero attached hydrogens (tertiary/aromatic N) is 4. The van der Waals surface area contributed by atoms with Crippen LogP contribution in [-0.4, -0.2) is 69.5 Å². The van der Waals surface area contributed by atoms with E-state index in [0.29, 0.717) is 44.3 Å². The molecule has 11 heteroatoms. The Labute approximate surface area is 244 Å². The molecule has 2 aromatic rings. The number of esters is 1. The van der Waals surface area contributed by atoms with E-state index < -0.39 is 19.4 Å². The first-order valence-corrected chi connectivity index (χ1v) is 18.2. The van der Waals surface area contributed by atoms with Gasteiger partial charge in [0.05, 0.1) is 23.9 Å². The highest BCUT2D eigenvalue weighted by Crippen LogP contribution is 2.40. The molecule has 4 rings (SSSR count). The van der Waals surface area contributed by atoms with Gasteiger partial charge >= 0.3 is 5.97 Å². The standard InChI is InChI=1S/C30H43N5O5Si/c1-22-8-12-34(13-9-22)26-18-23(30(29(37)38-2)10-14-39-15-11-30)6-7-25(26)33-28(36)27-32-24(19-31)20-35(27)21-40-16-17-41(3,4)5/h6-7,18,20,22H,8-17,21H2,1-5H3,(H,33,36). The van der Waals surface area contributed by atoms with Gasteiger partial charge in [-0.25, -0.2) is 4.98 Å². The number of anilines is 2. The lowest BCUT2D eigenvalue weighted by molar-refractivity contribution is -0.151. The summed E-state index contributed by atoms with van der Waals surface area (Å²) in [5.41, 5.74) is 1.72. The number of rotatable bonds is 10. The fraction of sp³-hybridized carbons (Fsp3) is 0.600. The van der Waals surface area contributed by atoms with Crippen molar-refractivity contribution in [2.45, 2.75) is 70.4 Å². The summed E-state index contributed by atoms with van der Waals surface area (Å²) < 4.78 is 18.3. The van der Waals surface area contributed by atoms with Crippen molar-refractivity contribution in [2.24, 2.45) is 5.92 Å². The molecule has 1 N–H and O–H groups in total. The second-order valence-corrected chi connectivity index (χ2v) is 18.0. The number of methoxy groups -OCH3 is 1. The highest BCUT2D eigenvalue weighted by atomic mass is 28.3. The summed E-state index contributed by atoms with van der Waals surface area (Å²) in [6, 6.07) is 8.82. The van der Waals surface area contributed by atoms with Crippen LogP contribution in [0.5, 0.6) is 0 Å². The molecule has 2 aliphatic heterocycles. The van der Waals surface area contributed by atoms with Crippen molar-refractivity contribution >= 4 is 31.3 Å². The molecule has 2 saturated heterocycles. The molecule has 2 fully saturated rings. The second-order valence-electron chi connectivity index (χ2n) is 12.4. The van der Waals surface area contributed by atoms with Gasteiger partial charge in [0.1, 0.15) is 12.8 Å². The summed E-state index contributed by atoms with van der Waals surface area (Å²) in [6.07, 6.45) is 4.70. The van der Waals surface area contributed by atoms with Gasteiger partial charge in [0.25, 0.3) is 5.91 Å². The third kappa shape index (κ3) is 7.36. The number of aromatic nitrogens is 2. The minimum absolute atomic E-state index is 0.118. The summed E-state index contributed by atoms with van der Waals surface area (Å²) in [4.78, 5) is 33.2. The Morgan fingerprint density at radius 2 is 1.93 bits per heavy atom. The van der Waals surface area contributed by atoms with Gasteiger partial charge in [-0.3, -0.25) is 9.59 Å². The molecule has 10 nitrogen and oxygen atoms in total. The van der Waals surface area contributed by atoms with E-state index in [2.05, 4.69) is 41.8 Å². The highest BCUT2D eigenvalue weighted by molar-refractivity contribution is 6.76. The molecular formula is C30H43N5O5Si. The second kappa shape index (κ2) is 13.2. The van der Waals surface area contributed by atoms with Crippen LogP contribution in [0.4, 0.5) is 11.4 Å². The Hall–Kier alpha value is -3.20. The molecule has 0 unspecified atom stereocenters. The van der Waals surface area contributed by atoms with Gasteiger partial charge in [-0.1, -0.05) is 32.6 Å². The zero-order valence-corrected chi connectivity index (χ0v) is 26.0. The molecule has 222 valence electrons. The average Bonchev–Trinajstić information content (AvgIpc) is 3.39. The van der Waals surface area contributed by atoms with Crippen LogP contribution in [0.2, 0.25) is 25.7 Å². The number of nitriles is 1. The van der Waals surface area contributed by atoms with Gasteiger partial charge < -0.3 is 29.0 Å². The lowest BCUT2D eigenvalue weighted by atomic mass is 9.74. The fourth-order valence-electron chi connectivity index (χ4n) is 5.44.